The monoisotopic (exact) mass is 341 g/mol. The van der Waals surface area contributed by atoms with Crippen LogP contribution in [0.3, 0.4) is 0 Å². The van der Waals surface area contributed by atoms with E-state index in [-0.39, 0.29) is 12.0 Å². The molecular weight excluding hydrogens is 314 g/mol. The molecule has 0 radical (unpaired) electrons. The number of hydrogen-bond donors (Lipinski definition) is 1. The highest BCUT2D eigenvalue weighted by atomic mass is 16.5. The van der Waals surface area contributed by atoms with E-state index in [2.05, 4.69) is 41.6 Å². The maximum atomic E-state index is 12.6. The Morgan fingerprint density at radius 1 is 1.32 bits per heavy atom. The van der Waals surface area contributed by atoms with Crippen molar-refractivity contribution in [1.82, 2.24) is 15.1 Å². The highest BCUT2D eigenvalue weighted by molar-refractivity contribution is 5.92. The summed E-state index contributed by atoms with van der Waals surface area (Å²) < 4.78 is 7.78. The smallest absolute Gasteiger partial charge is 0.269 e. The van der Waals surface area contributed by atoms with Gasteiger partial charge in [0.15, 0.2) is 0 Å². The Hall–Kier alpha value is -2.14. The lowest BCUT2D eigenvalue weighted by atomic mass is 9.89. The maximum Gasteiger partial charge on any atom is 0.269 e. The molecule has 1 aliphatic rings. The van der Waals surface area contributed by atoms with Crippen LogP contribution in [0.5, 0.6) is 0 Å². The molecule has 0 saturated carbocycles. The van der Waals surface area contributed by atoms with Crippen LogP contribution in [-0.4, -0.2) is 28.8 Å². The molecule has 1 aliphatic heterocycles. The molecule has 1 aromatic carbocycles. The second-order valence-corrected chi connectivity index (χ2v) is 6.80. The Kier molecular flexibility index (Phi) is 5.53. The highest BCUT2D eigenvalue weighted by Crippen LogP contribution is 2.33. The summed E-state index contributed by atoms with van der Waals surface area (Å²) in [6, 6.07) is 10.3. The van der Waals surface area contributed by atoms with Crippen molar-refractivity contribution in [2.24, 2.45) is 5.92 Å². The van der Waals surface area contributed by atoms with Crippen molar-refractivity contribution < 1.29 is 9.53 Å². The van der Waals surface area contributed by atoms with Gasteiger partial charge in [0, 0.05) is 25.6 Å². The van der Waals surface area contributed by atoms with Gasteiger partial charge < -0.3 is 10.1 Å². The number of rotatable bonds is 5. The van der Waals surface area contributed by atoms with Crippen molar-refractivity contribution in [3.8, 4) is 0 Å². The highest BCUT2D eigenvalue weighted by Gasteiger charge is 2.28. The summed E-state index contributed by atoms with van der Waals surface area (Å²) in [7, 11) is 0. The van der Waals surface area contributed by atoms with Gasteiger partial charge in [0.1, 0.15) is 5.69 Å². The quantitative estimate of drug-likeness (QED) is 0.906. The lowest BCUT2D eigenvalue weighted by Gasteiger charge is -2.32. The summed E-state index contributed by atoms with van der Waals surface area (Å²) in [5.41, 5.74) is 3.93. The number of carbonyl (C=O) groups is 1. The predicted octanol–water partition coefficient (Wildman–Crippen LogP) is 3.42. The van der Waals surface area contributed by atoms with Crippen molar-refractivity contribution >= 4 is 5.91 Å². The molecule has 1 N–H and O–H groups in total. The predicted molar refractivity (Wildman–Crippen MR) is 97.6 cm³/mol. The second kappa shape index (κ2) is 7.83. The van der Waals surface area contributed by atoms with Gasteiger partial charge in [-0.1, -0.05) is 29.8 Å². The van der Waals surface area contributed by atoms with Gasteiger partial charge in [0.2, 0.25) is 0 Å². The number of benzene rings is 1. The summed E-state index contributed by atoms with van der Waals surface area (Å²) in [6.07, 6.45) is 2.15. The average molecular weight is 341 g/mol. The van der Waals surface area contributed by atoms with Crippen LogP contribution in [0.25, 0.3) is 0 Å². The van der Waals surface area contributed by atoms with Crippen molar-refractivity contribution in [3.63, 3.8) is 0 Å². The molecule has 2 atom stereocenters. The zero-order chi connectivity index (χ0) is 17.8. The van der Waals surface area contributed by atoms with E-state index in [0.29, 0.717) is 24.7 Å². The van der Waals surface area contributed by atoms with Gasteiger partial charge in [0.05, 0.1) is 11.8 Å². The molecule has 2 unspecified atom stereocenters. The Morgan fingerprint density at radius 2 is 2.08 bits per heavy atom. The topological polar surface area (TPSA) is 56.2 Å². The van der Waals surface area contributed by atoms with Crippen LogP contribution in [0.4, 0.5) is 0 Å². The molecule has 5 heteroatoms. The van der Waals surface area contributed by atoms with Gasteiger partial charge in [-0.3, -0.25) is 9.48 Å². The third-order valence-corrected chi connectivity index (χ3v) is 4.81. The number of aromatic nitrogens is 2. The first-order valence-corrected chi connectivity index (χ1v) is 9.09. The number of ether oxygens (including phenoxy) is 1. The molecule has 25 heavy (non-hydrogen) atoms. The molecule has 134 valence electrons. The molecular formula is C20H27N3O2. The lowest BCUT2D eigenvalue weighted by molar-refractivity contribution is -0.0272. The van der Waals surface area contributed by atoms with Gasteiger partial charge in [0.25, 0.3) is 5.91 Å². The van der Waals surface area contributed by atoms with E-state index in [9.17, 15) is 4.79 Å². The first kappa shape index (κ1) is 17.7. The maximum absolute atomic E-state index is 12.6. The minimum atomic E-state index is -0.0596. The van der Waals surface area contributed by atoms with Crippen LogP contribution in [0.1, 0.15) is 53.2 Å². The van der Waals surface area contributed by atoms with Gasteiger partial charge in [-0.25, -0.2) is 0 Å². The molecule has 3 rings (SSSR count). The summed E-state index contributed by atoms with van der Waals surface area (Å²) in [5, 5.41) is 7.43. The Balaban J connectivity index is 1.67. The number of carbonyl (C=O) groups excluding carboxylic acids is 1. The SMILES string of the molecule is CCn1nc(C)cc1C(=O)NCC1CCCOC1c1ccc(C)cc1. The Bertz CT molecular complexity index is 721. The van der Waals surface area contributed by atoms with Crippen molar-refractivity contribution in [3.05, 3.63) is 52.8 Å². The molecule has 2 aromatic rings. The van der Waals surface area contributed by atoms with Crippen molar-refractivity contribution in [2.75, 3.05) is 13.2 Å². The average Bonchev–Trinajstić information content (AvgIpc) is 3.02. The lowest BCUT2D eigenvalue weighted by Crippen LogP contribution is -2.36. The molecule has 5 nitrogen and oxygen atoms in total. The number of amides is 1. The number of nitrogens with zero attached hydrogens (tertiary/aromatic N) is 2. The van der Waals surface area contributed by atoms with Gasteiger partial charge in [-0.2, -0.15) is 5.10 Å². The van der Waals surface area contributed by atoms with Gasteiger partial charge in [-0.15, -0.1) is 0 Å². The molecule has 0 bridgehead atoms. The largest absolute Gasteiger partial charge is 0.373 e. The molecule has 0 spiro atoms. The van der Waals surface area contributed by atoms with Gasteiger partial charge in [-0.05, 0) is 45.2 Å². The minimum Gasteiger partial charge on any atom is -0.373 e. The van der Waals surface area contributed by atoms with E-state index in [4.69, 9.17) is 4.74 Å². The van der Waals surface area contributed by atoms with Crippen molar-refractivity contribution in [2.45, 2.75) is 46.3 Å². The third kappa shape index (κ3) is 4.10. The molecule has 1 amide bonds. The fraction of sp³-hybridized carbons (Fsp3) is 0.500. The minimum absolute atomic E-state index is 0.0486. The zero-order valence-electron chi connectivity index (χ0n) is 15.3. The first-order chi connectivity index (χ1) is 12.1. The molecule has 2 heterocycles. The third-order valence-electron chi connectivity index (χ3n) is 4.81. The normalized spacial score (nSPS) is 20.4. The molecule has 1 fully saturated rings. The summed E-state index contributed by atoms with van der Waals surface area (Å²) in [4.78, 5) is 12.6. The van der Waals surface area contributed by atoms with E-state index in [1.165, 1.54) is 11.1 Å². The molecule has 1 saturated heterocycles. The van der Waals surface area contributed by atoms with Crippen LogP contribution in [-0.2, 0) is 11.3 Å². The van der Waals surface area contributed by atoms with Gasteiger partial charge >= 0.3 is 0 Å². The zero-order valence-corrected chi connectivity index (χ0v) is 15.3. The summed E-state index contributed by atoms with van der Waals surface area (Å²) >= 11 is 0. The Labute approximate surface area is 149 Å². The van der Waals surface area contributed by atoms with Crippen LogP contribution >= 0.6 is 0 Å². The summed E-state index contributed by atoms with van der Waals surface area (Å²) in [6.45, 7) is 8.07. The van der Waals surface area contributed by atoms with E-state index >= 15 is 0 Å². The van der Waals surface area contributed by atoms with Crippen molar-refractivity contribution in [1.29, 1.82) is 0 Å². The fourth-order valence-electron chi connectivity index (χ4n) is 3.46. The van der Waals surface area contributed by atoms with Crippen LogP contribution in [0.2, 0.25) is 0 Å². The number of hydrogen-bond acceptors (Lipinski definition) is 3. The molecule has 0 aliphatic carbocycles. The van der Waals surface area contributed by atoms with E-state index < -0.39 is 0 Å². The van der Waals surface area contributed by atoms with Crippen LogP contribution in [0.15, 0.2) is 30.3 Å². The van der Waals surface area contributed by atoms with Crippen LogP contribution < -0.4 is 5.32 Å². The van der Waals surface area contributed by atoms with E-state index in [1.54, 1.807) is 4.68 Å². The number of aryl methyl sites for hydroxylation is 3. The Morgan fingerprint density at radius 3 is 2.80 bits per heavy atom. The van der Waals surface area contributed by atoms with Crippen LogP contribution in [0, 0.1) is 19.8 Å². The number of nitrogens with one attached hydrogen (secondary N) is 1. The fourth-order valence-corrected chi connectivity index (χ4v) is 3.46. The van der Waals surface area contributed by atoms with E-state index in [0.717, 1.165) is 25.1 Å². The first-order valence-electron chi connectivity index (χ1n) is 9.09. The molecule has 1 aromatic heterocycles. The standard InChI is InChI=1S/C20H27N3O2/c1-4-23-18(12-15(3)22-23)20(24)21-13-17-6-5-11-25-19(17)16-9-7-14(2)8-10-16/h7-10,12,17,19H,4-6,11,13H2,1-3H3,(H,21,24). The van der Waals surface area contributed by atoms with E-state index in [1.807, 2.05) is 19.9 Å². The summed E-state index contributed by atoms with van der Waals surface area (Å²) in [5.74, 6) is 0.232. The second-order valence-electron chi connectivity index (χ2n) is 6.80.